The van der Waals surface area contributed by atoms with E-state index in [0.717, 1.165) is 81.7 Å². The Kier molecular flexibility index (Phi) is 8.80. The van der Waals surface area contributed by atoms with E-state index >= 15 is 0 Å². The first-order valence-electron chi connectivity index (χ1n) is 11.2. The molecule has 2 aromatic rings. The average Bonchev–Trinajstić information content (AvgIpc) is 3.22. The minimum Gasteiger partial charge on any atom is -0.493 e. The zero-order chi connectivity index (χ0) is 20.8. The second-order valence-corrected chi connectivity index (χ2v) is 8.09. The van der Waals surface area contributed by atoms with Crippen LogP contribution in [0.4, 0.5) is 5.82 Å². The number of ether oxygens (including phenoxy) is 1. The molecule has 7 heteroatoms. The van der Waals surface area contributed by atoms with Crippen LogP contribution in [0.3, 0.4) is 0 Å². The molecule has 6 nitrogen and oxygen atoms in total. The van der Waals surface area contributed by atoms with Crippen molar-refractivity contribution in [2.45, 2.75) is 45.6 Å². The molecular formula is C24H34IN5O. The normalized spacial score (nSPS) is 16.3. The number of rotatable bonds is 6. The Balaban J connectivity index is 0.00000272. The van der Waals surface area contributed by atoms with Crippen LogP contribution >= 0.6 is 24.0 Å². The second kappa shape index (κ2) is 11.5. The van der Waals surface area contributed by atoms with Crippen molar-refractivity contribution in [1.29, 1.82) is 0 Å². The number of halogens is 1. The molecule has 2 aliphatic heterocycles. The van der Waals surface area contributed by atoms with E-state index in [2.05, 4.69) is 57.8 Å². The molecular weight excluding hydrogens is 501 g/mol. The third-order valence-corrected chi connectivity index (χ3v) is 5.80. The summed E-state index contributed by atoms with van der Waals surface area (Å²) in [5.74, 6) is 3.06. The molecule has 0 amide bonds. The number of hydrogen-bond donors (Lipinski definition) is 2. The lowest BCUT2D eigenvalue weighted by Gasteiger charge is -2.34. The summed E-state index contributed by atoms with van der Waals surface area (Å²) in [5.41, 5.74) is 3.74. The molecule has 3 heterocycles. The maximum absolute atomic E-state index is 5.60. The van der Waals surface area contributed by atoms with Crippen LogP contribution in [-0.2, 0) is 12.8 Å². The molecule has 0 unspecified atom stereocenters. The van der Waals surface area contributed by atoms with Crippen molar-refractivity contribution >= 4 is 35.8 Å². The number of piperidine rings is 1. The standard InChI is InChI=1S/C24H33N5O.HI/c1-3-25-24(26-13-9-19-7-8-22-20(17-19)12-16-30-22)28-21-10-14-29(15-11-21)23-6-4-5-18(2)27-23;/h4-8,17,21H,3,9-16H2,1-2H3,(H2,25,26,28);1H. The molecule has 0 saturated carbocycles. The molecule has 31 heavy (non-hydrogen) atoms. The lowest BCUT2D eigenvalue weighted by molar-refractivity contribution is 0.357. The Morgan fingerprint density at radius 1 is 1.23 bits per heavy atom. The number of aliphatic imine (C=N–C) groups is 1. The van der Waals surface area contributed by atoms with Crippen molar-refractivity contribution in [3.63, 3.8) is 0 Å². The third-order valence-electron chi connectivity index (χ3n) is 5.80. The topological polar surface area (TPSA) is 61.8 Å². The highest BCUT2D eigenvalue weighted by molar-refractivity contribution is 14.0. The number of aryl methyl sites for hydroxylation is 1. The maximum atomic E-state index is 5.60. The summed E-state index contributed by atoms with van der Waals surface area (Å²) in [6, 6.07) is 13.2. The van der Waals surface area contributed by atoms with Crippen LogP contribution in [0, 0.1) is 6.92 Å². The number of fused-ring (bicyclic) bond motifs is 1. The number of benzene rings is 1. The highest BCUT2D eigenvalue weighted by Gasteiger charge is 2.21. The molecule has 0 atom stereocenters. The Hall–Kier alpha value is -2.03. The van der Waals surface area contributed by atoms with Gasteiger partial charge in [-0.1, -0.05) is 18.2 Å². The number of nitrogens with one attached hydrogen (secondary N) is 2. The van der Waals surface area contributed by atoms with E-state index in [0.29, 0.717) is 6.04 Å². The Morgan fingerprint density at radius 2 is 2.06 bits per heavy atom. The zero-order valence-electron chi connectivity index (χ0n) is 18.6. The van der Waals surface area contributed by atoms with Gasteiger partial charge in [-0.2, -0.15) is 0 Å². The number of aromatic nitrogens is 1. The van der Waals surface area contributed by atoms with Gasteiger partial charge in [-0.3, -0.25) is 4.99 Å². The van der Waals surface area contributed by atoms with Gasteiger partial charge >= 0.3 is 0 Å². The number of nitrogens with zero attached hydrogens (tertiary/aromatic N) is 3. The fourth-order valence-corrected chi connectivity index (χ4v) is 4.16. The van der Waals surface area contributed by atoms with Crippen molar-refractivity contribution in [3.05, 3.63) is 53.2 Å². The number of guanidine groups is 1. The highest BCUT2D eigenvalue weighted by atomic mass is 127. The molecule has 1 aromatic carbocycles. The van der Waals surface area contributed by atoms with E-state index in [-0.39, 0.29) is 24.0 Å². The minimum atomic E-state index is 0. The van der Waals surface area contributed by atoms with Crippen molar-refractivity contribution in [2.24, 2.45) is 4.99 Å². The third kappa shape index (κ3) is 6.48. The summed E-state index contributed by atoms with van der Waals surface area (Å²) in [6.07, 6.45) is 4.14. The summed E-state index contributed by atoms with van der Waals surface area (Å²) < 4.78 is 5.60. The van der Waals surface area contributed by atoms with Crippen LogP contribution in [0.1, 0.15) is 36.6 Å². The molecule has 2 N–H and O–H groups in total. The quantitative estimate of drug-likeness (QED) is 0.336. The lowest BCUT2D eigenvalue weighted by atomic mass is 10.1. The van der Waals surface area contributed by atoms with Crippen molar-refractivity contribution in [1.82, 2.24) is 15.6 Å². The number of hydrogen-bond acceptors (Lipinski definition) is 4. The summed E-state index contributed by atoms with van der Waals surface area (Å²) in [6.45, 7) is 8.66. The number of pyridine rings is 1. The van der Waals surface area contributed by atoms with E-state index in [1.54, 1.807) is 0 Å². The number of anilines is 1. The molecule has 0 radical (unpaired) electrons. The second-order valence-electron chi connectivity index (χ2n) is 8.09. The smallest absolute Gasteiger partial charge is 0.191 e. The fraction of sp³-hybridized carbons (Fsp3) is 0.500. The molecule has 1 saturated heterocycles. The van der Waals surface area contributed by atoms with E-state index in [1.807, 2.05) is 13.0 Å². The van der Waals surface area contributed by atoms with Crippen LogP contribution in [0.5, 0.6) is 5.75 Å². The summed E-state index contributed by atoms with van der Waals surface area (Å²) in [5, 5.41) is 7.04. The average molecular weight is 535 g/mol. The molecule has 4 rings (SSSR count). The first-order chi connectivity index (χ1) is 14.7. The molecule has 168 valence electrons. The molecule has 1 aromatic heterocycles. The SMILES string of the molecule is CCNC(=NCCc1ccc2c(c1)CCO2)NC1CCN(c2cccc(C)n2)CC1.I. The van der Waals surface area contributed by atoms with Crippen molar-refractivity contribution in [3.8, 4) is 5.75 Å². The predicted molar refractivity (Wildman–Crippen MR) is 138 cm³/mol. The maximum Gasteiger partial charge on any atom is 0.191 e. The van der Waals surface area contributed by atoms with Crippen LogP contribution in [-0.4, -0.2) is 49.8 Å². The van der Waals surface area contributed by atoms with E-state index in [1.165, 1.54) is 11.1 Å². The molecule has 0 spiro atoms. The van der Waals surface area contributed by atoms with Gasteiger partial charge in [0.25, 0.3) is 0 Å². The van der Waals surface area contributed by atoms with Gasteiger partial charge in [-0.15, -0.1) is 24.0 Å². The van der Waals surface area contributed by atoms with Gasteiger partial charge in [0.05, 0.1) is 6.61 Å². The van der Waals surface area contributed by atoms with Crippen molar-refractivity contribution in [2.75, 3.05) is 37.7 Å². The molecule has 0 bridgehead atoms. The van der Waals surface area contributed by atoms with E-state index in [4.69, 9.17) is 9.73 Å². The van der Waals surface area contributed by atoms with Gasteiger partial charge in [0.1, 0.15) is 11.6 Å². The summed E-state index contributed by atoms with van der Waals surface area (Å²) in [7, 11) is 0. The lowest BCUT2D eigenvalue weighted by Crippen LogP contribution is -2.49. The van der Waals surface area contributed by atoms with Crippen molar-refractivity contribution < 1.29 is 4.74 Å². The van der Waals surface area contributed by atoms with Crippen LogP contribution < -0.4 is 20.3 Å². The Labute approximate surface area is 202 Å². The van der Waals surface area contributed by atoms with Gasteiger partial charge in [-0.25, -0.2) is 4.98 Å². The van der Waals surface area contributed by atoms with Gasteiger partial charge in [0.2, 0.25) is 0 Å². The monoisotopic (exact) mass is 535 g/mol. The Bertz CT molecular complexity index is 880. The fourth-order valence-electron chi connectivity index (χ4n) is 4.16. The van der Waals surface area contributed by atoms with Gasteiger partial charge in [0.15, 0.2) is 5.96 Å². The molecule has 1 fully saturated rings. The van der Waals surface area contributed by atoms with E-state index < -0.39 is 0 Å². The van der Waals surface area contributed by atoms with Gasteiger partial charge < -0.3 is 20.3 Å². The summed E-state index contributed by atoms with van der Waals surface area (Å²) in [4.78, 5) is 11.9. The largest absolute Gasteiger partial charge is 0.493 e. The minimum absolute atomic E-state index is 0. The predicted octanol–water partition coefficient (Wildman–Crippen LogP) is 3.71. The van der Waals surface area contributed by atoms with Crippen LogP contribution in [0.2, 0.25) is 0 Å². The van der Waals surface area contributed by atoms with Gasteiger partial charge in [0, 0.05) is 44.3 Å². The first kappa shape index (κ1) is 23.6. The molecule has 0 aliphatic carbocycles. The summed E-state index contributed by atoms with van der Waals surface area (Å²) >= 11 is 0. The Morgan fingerprint density at radius 3 is 2.84 bits per heavy atom. The zero-order valence-corrected chi connectivity index (χ0v) is 20.9. The van der Waals surface area contributed by atoms with Crippen LogP contribution in [0.15, 0.2) is 41.4 Å². The first-order valence-corrected chi connectivity index (χ1v) is 11.2. The van der Waals surface area contributed by atoms with Crippen LogP contribution in [0.25, 0.3) is 0 Å². The van der Waals surface area contributed by atoms with E-state index in [9.17, 15) is 0 Å². The highest BCUT2D eigenvalue weighted by Crippen LogP contribution is 2.26. The van der Waals surface area contributed by atoms with Gasteiger partial charge in [-0.05, 0) is 62.4 Å². The molecule has 2 aliphatic rings.